The van der Waals surface area contributed by atoms with Crippen molar-refractivity contribution >= 4 is 45.7 Å². The fourth-order valence-electron chi connectivity index (χ4n) is 3.47. The van der Waals surface area contributed by atoms with Gasteiger partial charge in [-0.05, 0) is 43.9 Å². The number of anilines is 2. The third-order valence-electron chi connectivity index (χ3n) is 5.13. The summed E-state index contributed by atoms with van der Waals surface area (Å²) < 4.78 is 1.45. The topological polar surface area (TPSA) is 128 Å². The molecule has 0 aliphatic heterocycles. The third kappa shape index (κ3) is 7.92. The van der Waals surface area contributed by atoms with Crippen LogP contribution >= 0.6 is 22.9 Å². The largest absolute Gasteiger partial charge is 0.309 e. The molecule has 0 unspecified atom stereocenters. The summed E-state index contributed by atoms with van der Waals surface area (Å²) in [6.07, 6.45) is 6.65. The van der Waals surface area contributed by atoms with Gasteiger partial charge in [0.25, 0.3) is 0 Å². The first-order chi connectivity index (χ1) is 17.4. The molecule has 0 aliphatic rings. The molecular formula is C24H25ClN8O2S. The molecule has 1 aromatic carbocycles. The van der Waals surface area contributed by atoms with Gasteiger partial charge >= 0.3 is 0 Å². The Bertz CT molecular complexity index is 1320. The van der Waals surface area contributed by atoms with E-state index in [-0.39, 0.29) is 18.4 Å². The summed E-state index contributed by atoms with van der Waals surface area (Å²) in [4.78, 5) is 24.3. The minimum Gasteiger partial charge on any atom is -0.309 e. The normalized spacial score (nSPS) is 10.8. The Morgan fingerprint density at radius 2 is 1.86 bits per heavy atom. The molecule has 0 saturated carbocycles. The Kier molecular flexibility index (Phi) is 8.69. The quantitative estimate of drug-likeness (QED) is 0.285. The van der Waals surface area contributed by atoms with E-state index in [2.05, 4.69) is 36.1 Å². The summed E-state index contributed by atoms with van der Waals surface area (Å²) in [5.74, 6) is 0.0717. The molecular weight excluding hydrogens is 500 g/mol. The first-order valence-electron chi connectivity index (χ1n) is 11.4. The van der Waals surface area contributed by atoms with E-state index in [0.29, 0.717) is 22.4 Å². The van der Waals surface area contributed by atoms with Crippen molar-refractivity contribution in [1.29, 1.82) is 0 Å². The molecule has 3 heterocycles. The van der Waals surface area contributed by atoms with E-state index in [0.717, 1.165) is 47.5 Å². The number of nitrogens with zero attached hydrogens (tertiary/aromatic N) is 6. The first-order valence-corrected chi connectivity index (χ1v) is 12.6. The number of nitrogens with one attached hydrogen (secondary N) is 2. The minimum atomic E-state index is -0.245. The number of hydrogen-bond donors (Lipinski definition) is 2. The second kappa shape index (κ2) is 12.3. The van der Waals surface area contributed by atoms with E-state index in [1.165, 1.54) is 22.2 Å². The number of rotatable bonds is 11. The number of halogens is 1. The number of unbranched alkanes of at least 4 members (excludes halogenated alkanes) is 1. The Morgan fingerprint density at radius 1 is 1.00 bits per heavy atom. The maximum absolute atomic E-state index is 12.2. The molecule has 36 heavy (non-hydrogen) atoms. The highest BCUT2D eigenvalue weighted by molar-refractivity contribution is 7.15. The van der Waals surface area contributed by atoms with Crippen LogP contribution in [0.25, 0.3) is 0 Å². The molecule has 0 bridgehead atoms. The average Bonchev–Trinajstić information content (AvgIpc) is 3.46. The summed E-state index contributed by atoms with van der Waals surface area (Å²) in [6.45, 7) is 2.05. The molecule has 0 radical (unpaired) electrons. The number of aromatic nitrogens is 6. The van der Waals surface area contributed by atoms with Crippen LogP contribution in [-0.2, 0) is 35.4 Å². The van der Waals surface area contributed by atoms with Crippen LogP contribution in [0.4, 0.5) is 10.9 Å². The monoisotopic (exact) mass is 524 g/mol. The zero-order valence-corrected chi connectivity index (χ0v) is 21.2. The molecule has 2 N–H and O–H groups in total. The van der Waals surface area contributed by atoms with Crippen molar-refractivity contribution in [3.63, 3.8) is 0 Å². The van der Waals surface area contributed by atoms with Crippen LogP contribution in [0.3, 0.4) is 0 Å². The van der Waals surface area contributed by atoms with Crippen molar-refractivity contribution in [3.8, 4) is 0 Å². The molecule has 2 amide bonds. The second-order valence-corrected chi connectivity index (χ2v) is 9.73. The van der Waals surface area contributed by atoms with Gasteiger partial charge in [0.15, 0.2) is 5.82 Å². The smallest absolute Gasteiger partial charge is 0.247 e. The highest BCUT2D eigenvalue weighted by Gasteiger charge is 2.10. The van der Waals surface area contributed by atoms with E-state index >= 15 is 0 Å². The van der Waals surface area contributed by atoms with Gasteiger partial charge in [0, 0.05) is 12.6 Å². The number of benzene rings is 1. The van der Waals surface area contributed by atoms with Crippen LogP contribution in [0, 0.1) is 6.92 Å². The number of carbonyl (C=O) groups excluding carboxylic acids is 2. The van der Waals surface area contributed by atoms with Crippen molar-refractivity contribution in [1.82, 2.24) is 30.2 Å². The minimum absolute atomic E-state index is 0.0534. The van der Waals surface area contributed by atoms with Crippen molar-refractivity contribution < 1.29 is 9.59 Å². The highest BCUT2D eigenvalue weighted by atomic mass is 35.5. The summed E-state index contributed by atoms with van der Waals surface area (Å²) in [5.41, 5.74) is 2.94. The summed E-state index contributed by atoms with van der Waals surface area (Å²) in [7, 11) is 0. The standard InChI is InChI=1S/C24H25ClN8O2S/c1-16-5-4-6-17(11-16)12-21(34)27-20-10-9-19(29-30-20)7-2-3-8-23-31-32-24(36-23)28-22(35)15-33-14-18(25)13-26-33/h4-6,9-11,13-14H,2-3,7-8,12,15H2,1H3,(H,27,30,34)(H,28,32,35). The van der Waals surface area contributed by atoms with Gasteiger partial charge in [0.05, 0.1) is 23.3 Å². The lowest BCUT2D eigenvalue weighted by Crippen LogP contribution is -2.18. The Morgan fingerprint density at radius 3 is 2.61 bits per heavy atom. The Balaban J connectivity index is 1.15. The van der Waals surface area contributed by atoms with Crippen LogP contribution in [0.15, 0.2) is 48.8 Å². The van der Waals surface area contributed by atoms with Crippen LogP contribution in [-0.4, -0.2) is 42.0 Å². The molecule has 0 spiro atoms. The third-order valence-corrected chi connectivity index (χ3v) is 6.22. The van der Waals surface area contributed by atoms with Gasteiger partial charge in [-0.3, -0.25) is 19.6 Å². The van der Waals surface area contributed by atoms with Gasteiger partial charge in [0.2, 0.25) is 16.9 Å². The Labute approximate surface area is 217 Å². The van der Waals surface area contributed by atoms with Crippen molar-refractivity contribution in [2.45, 2.75) is 45.6 Å². The van der Waals surface area contributed by atoms with Gasteiger partial charge in [-0.2, -0.15) is 10.2 Å². The molecule has 0 aliphatic carbocycles. The van der Waals surface area contributed by atoms with Crippen LogP contribution in [0.5, 0.6) is 0 Å². The maximum Gasteiger partial charge on any atom is 0.247 e. The molecule has 4 rings (SSSR count). The van der Waals surface area contributed by atoms with E-state index in [1.807, 2.05) is 37.3 Å². The lowest BCUT2D eigenvalue weighted by Gasteiger charge is -2.05. The predicted octanol–water partition coefficient (Wildman–Crippen LogP) is 3.87. The molecule has 0 saturated heterocycles. The highest BCUT2D eigenvalue weighted by Crippen LogP contribution is 2.18. The zero-order valence-electron chi connectivity index (χ0n) is 19.6. The van der Waals surface area contributed by atoms with Crippen LogP contribution in [0.1, 0.15) is 34.7 Å². The van der Waals surface area contributed by atoms with Crippen LogP contribution < -0.4 is 10.6 Å². The van der Waals surface area contributed by atoms with Crippen molar-refractivity contribution in [3.05, 3.63) is 75.6 Å². The maximum atomic E-state index is 12.2. The second-order valence-electron chi connectivity index (χ2n) is 8.24. The lowest BCUT2D eigenvalue weighted by atomic mass is 10.1. The van der Waals surface area contributed by atoms with E-state index in [9.17, 15) is 9.59 Å². The van der Waals surface area contributed by atoms with E-state index < -0.39 is 0 Å². The predicted molar refractivity (Wildman–Crippen MR) is 138 cm³/mol. The van der Waals surface area contributed by atoms with Gasteiger partial charge in [0.1, 0.15) is 11.6 Å². The summed E-state index contributed by atoms with van der Waals surface area (Å²) in [5, 5.41) is 27.8. The zero-order chi connectivity index (χ0) is 25.3. The SMILES string of the molecule is Cc1cccc(CC(=O)Nc2ccc(CCCCc3nnc(NC(=O)Cn4cc(Cl)cn4)s3)nn2)c1. The van der Waals surface area contributed by atoms with E-state index in [1.54, 1.807) is 12.3 Å². The molecule has 0 fully saturated rings. The Hall–Kier alpha value is -3.70. The summed E-state index contributed by atoms with van der Waals surface area (Å²) >= 11 is 7.16. The number of carbonyl (C=O) groups is 2. The van der Waals surface area contributed by atoms with Gasteiger partial charge < -0.3 is 5.32 Å². The summed E-state index contributed by atoms with van der Waals surface area (Å²) in [6, 6.07) is 11.5. The molecule has 10 nitrogen and oxygen atoms in total. The van der Waals surface area contributed by atoms with Gasteiger partial charge in [-0.1, -0.05) is 52.8 Å². The number of amides is 2. The first kappa shape index (κ1) is 25.4. The molecule has 12 heteroatoms. The van der Waals surface area contributed by atoms with Gasteiger partial charge in [-0.15, -0.1) is 15.3 Å². The molecule has 4 aromatic rings. The average molecular weight is 525 g/mol. The fourth-order valence-corrected chi connectivity index (χ4v) is 4.43. The molecule has 186 valence electrons. The molecule has 0 atom stereocenters. The fraction of sp³-hybridized carbons (Fsp3) is 0.292. The number of aryl methyl sites for hydroxylation is 3. The van der Waals surface area contributed by atoms with Crippen molar-refractivity contribution in [2.24, 2.45) is 0 Å². The molecule has 3 aromatic heterocycles. The lowest BCUT2D eigenvalue weighted by molar-refractivity contribution is -0.117. The van der Waals surface area contributed by atoms with Crippen LogP contribution in [0.2, 0.25) is 5.02 Å². The number of hydrogen-bond acceptors (Lipinski definition) is 8. The van der Waals surface area contributed by atoms with Crippen molar-refractivity contribution in [2.75, 3.05) is 10.6 Å². The van der Waals surface area contributed by atoms with E-state index in [4.69, 9.17) is 11.6 Å². The van der Waals surface area contributed by atoms with Gasteiger partial charge in [-0.25, -0.2) is 0 Å².